The van der Waals surface area contributed by atoms with Crippen molar-refractivity contribution in [1.82, 2.24) is 0 Å². The van der Waals surface area contributed by atoms with Crippen LogP contribution < -0.4 is 0 Å². The predicted octanol–water partition coefficient (Wildman–Crippen LogP) is 3.98. The van der Waals surface area contributed by atoms with Gasteiger partial charge < -0.3 is 14.9 Å². The van der Waals surface area contributed by atoms with Crippen LogP contribution in [0.25, 0.3) is 0 Å². The lowest BCUT2D eigenvalue weighted by Crippen LogP contribution is -2.24. The normalized spacial score (nSPS) is 12.8. The largest absolute Gasteiger partial charge is 0.382 e. The summed E-state index contributed by atoms with van der Waals surface area (Å²) in [6, 6.07) is 0. The molecule has 0 saturated carbocycles. The molecule has 126 valence electrons. The Labute approximate surface area is 132 Å². The molecule has 2 N–H and O–H groups in total. The molecule has 0 saturated heterocycles. The van der Waals surface area contributed by atoms with Crippen LogP contribution in [0.2, 0.25) is 0 Å². The average molecular weight is 300 g/mol. The molecule has 1 unspecified atom stereocenters. The minimum absolute atomic E-state index is 0.166. The third kappa shape index (κ3) is 15.6. The molecule has 0 bridgehead atoms. The highest BCUT2D eigenvalue weighted by Gasteiger charge is 2.24. The molecule has 0 heterocycles. The number of aliphatic hydroxyl groups is 2. The second-order valence-electron chi connectivity index (χ2n) is 6.17. The summed E-state index contributed by atoms with van der Waals surface area (Å²) in [6.07, 6.45) is 4.84. The molecule has 3 nitrogen and oxygen atoms in total. The Hall–Kier alpha value is -0.560. The lowest BCUT2D eigenvalue weighted by atomic mass is 9.77. The van der Waals surface area contributed by atoms with Crippen molar-refractivity contribution >= 4 is 0 Å². The lowest BCUT2D eigenvalue weighted by molar-refractivity contribution is -0.0918. The van der Waals surface area contributed by atoms with Gasteiger partial charge in [0.25, 0.3) is 0 Å². The van der Waals surface area contributed by atoms with E-state index in [-0.39, 0.29) is 5.41 Å². The fourth-order valence-electron chi connectivity index (χ4n) is 1.67. The van der Waals surface area contributed by atoms with E-state index < -0.39 is 5.79 Å². The third-order valence-electron chi connectivity index (χ3n) is 3.50. The summed E-state index contributed by atoms with van der Waals surface area (Å²) < 4.78 is 4.83. The first-order chi connectivity index (χ1) is 9.60. The van der Waals surface area contributed by atoms with Crippen LogP contribution in [-0.4, -0.2) is 29.2 Å². The molecule has 0 aromatic carbocycles. The average Bonchev–Trinajstić information content (AvgIpc) is 2.37. The molecule has 3 heteroatoms. The highest BCUT2D eigenvalue weighted by atomic mass is 16.5. The zero-order chi connectivity index (χ0) is 16.9. The Kier molecular flexibility index (Phi) is 13.0. The van der Waals surface area contributed by atoms with Gasteiger partial charge in [0.1, 0.15) is 0 Å². The summed E-state index contributed by atoms with van der Waals surface area (Å²) in [7, 11) is 0. The molecule has 0 aromatic heterocycles. The quantitative estimate of drug-likeness (QED) is 0.425. The first-order valence-corrected chi connectivity index (χ1v) is 8.17. The first-order valence-electron chi connectivity index (χ1n) is 8.17. The maximum absolute atomic E-state index is 9.16. The van der Waals surface area contributed by atoms with Crippen LogP contribution in [0, 0.1) is 23.2 Å². The smallest absolute Gasteiger partial charge is 0.225 e. The summed E-state index contributed by atoms with van der Waals surface area (Å²) in [6.45, 7) is 15.4. The van der Waals surface area contributed by atoms with Crippen molar-refractivity contribution in [3.8, 4) is 11.8 Å². The van der Waals surface area contributed by atoms with Gasteiger partial charge in [-0.2, -0.15) is 0 Å². The van der Waals surface area contributed by atoms with Gasteiger partial charge in [-0.05, 0) is 46.0 Å². The molecule has 0 aliphatic heterocycles. The van der Waals surface area contributed by atoms with Crippen molar-refractivity contribution in [2.45, 2.75) is 79.9 Å². The summed E-state index contributed by atoms with van der Waals surface area (Å²) in [4.78, 5) is 0. The Balaban J connectivity index is 0. The van der Waals surface area contributed by atoms with E-state index in [0.717, 1.165) is 19.6 Å². The first kappa shape index (κ1) is 22.7. The maximum atomic E-state index is 9.16. The Morgan fingerprint density at radius 1 is 0.952 bits per heavy atom. The summed E-state index contributed by atoms with van der Waals surface area (Å²) >= 11 is 0. The van der Waals surface area contributed by atoms with E-state index in [1.165, 1.54) is 26.2 Å². The van der Waals surface area contributed by atoms with Crippen molar-refractivity contribution < 1.29 is 14.9 Å². The number of rotatable bonds is 7. The molecule has 1 atom stereocenters. The van der Waals surface area contributed by atoms with Crippen LogP contribution in [0.4, 0.5) is 0 Å². The van der Waals surface area contributed by atoms with Crippen molar-refractivity contribution in [2.75, 3.05) is 13.2 Å². The third-order valence-corrected chi connectivity index (χ3v) is 3.50. The molecule has 0 aliphatic carbocycles. The van der Waals surface area contributed by atoms with Gasteiger partial charge in [-0.15, -0.1) is 0 Å². The van der Waals surface area contributed by atoms with Crippen LogP contribution in [0.3, 0.4) is 0 Å². The molecule has 0 rings (SSSR count). The van der Waals surface area contributed by atoms with Gasteiger partial charge in [0.05, 0.1) is 0 Å². The molecule has 21 heavy (non-hydrogen) atoms. The highest BCUT2D eigenvalue weighted by molar-refractivity contribution is 5.14. The van der Waals surface area contributed by atoms with Crippen LogP contribution >= 0.6 is 0 Å². The van der Waals surface area contributed by atoms with Gasteiger partial charge in [-0.25, -0.2) is 0 Å². The molecular formula is C18H36O3. The standard InChI is InChI=1S/C14H26O2.C4H10O/c1-6-7-8-9-12(2)13(3,4)10-11-14(5,15)16;1-3-5-4-2/h12,15-16H,6-9H2,1-5H3;3-4H2,1-2H3. The second kappa shape index (κ2) is 12.0. The summed E-state index contributed by atoms with van der Waals surface area (Å²) in [5.74, 6) is 4.06. The van der Waals surface area contributed by atoms with Crippen molar-refractivity contribution in [3.63, 3.8) is 0 Å². The molecule has 0 fully saturated rings. The maximum Gasteiger partial charge on any atom is 0.225 e. The van der Waals surface area contributed by atoms with Crippen LogP contribution in [0.5, 0.6) is 0 Å². The van der Waals surface area contributed by atoms with Crippen LogP contribution in [0.15, 0.2) is 0 Å². The minimum Gasteiger partial charge on any atom is -0.382 e. The van der Waals surface area contributed by atoms with E-state index in [0.29, 0.717) is 5.92 Å². The Bertz CT molecular complexity index is 290. The molecule has 0 radical (unpaired) electrons. The topological polar surface area (TPSA) is 49.7 Å². The zero-order valence-corrected chi connectivity index (χ0v) is 15.1. The fraction of sp³-hybridized carbons (Fsp3) is 0.889. The van der Waals surface area contributed by atoms with Crippen LogP contribution in [-0.2, 0) is 4.74 Å². The zero-order valence-electron chi connectivity index (χ0n) is 15.1. The van der Waals surface area contributed by atoms with Crippen molar-refractivity contribution in [2.24, 2.45) is 11.3 Å². The molecular weight excluding hydrogens is 264 g/mol. The second-order valence-corrected chi connectivity index (χ2v) is 6.17. The fourth-order valence-corrected chi connectivity index (χ4v) is 1.67. The number of unbranched alkanes of at least 4 members (excludes halogenated alkanes) is 2. The van der Waals surface area contributed by atoms with Gasteiger partial charge in [0.15, 0.2) is 0 Å². The van der Waals surface area contributed by atoms with E-state index in [1.807, 2.05) is 13.8 Å². The van der Waals surface area contributed by atoms with Crippen molar-refractivity contribution in [3.05, 3.63) is 0 Å². The van der Waals surface area contributed by atoms with Crippen molar-refractivity contribution in [1.29, 1.82) is 0 Å². The van der Waals surface area contributed by atoms with E-state index >= 15 is 0 Å². The molecule has 0 amide bonds. The van der Waals surface area contributed by atoms with Gasteiger partial charge in [0, 0.05) is 25.6 Å². The van der Waals surface area contributed by atoms with E-state index in [4.69, 9.17) is 14.9 Å². The number of hydrogen-bond donors (Lipinski definition) is 2. The van der Waals surface area contributed by atoms with Gasteiger partial charge >= 0.3 is 0 Å². The summed E-state index contributed by atoms with van der Waals surface area (Å²) in [5.41, 5.74) is -0.166. The van der Waals surface area contributed by atoms with Gasteiger partial charge in [-0.3, -0.25) is 0 Å². The SMILES string of the molecule is CCCCCC(C)C(C)(C)C#CC(C)(O)O.CCOCC. The Morgan fingerprint density at radius 2 is 1.48 bits per heavy atom. The van der Waals surface area contributed by atoms with Crippen LogP contribution in [0.1, 0.15) is 74.1 Å². The predicted molar refractivity (Wildman–Crippen MR) is 89.9 cm³/mol. The van der Waals surface area contributed by atoms with E-state index in [1.54, 1.807) is 0 Å². The molecule has 0 aliphatic rings. The van der Waals surface area contributed by atoms with Gasteiger partial charge in [0.2, 0.25) is 5.79 Å². The summed E-state index contributed by atoms with van der Waals surface area (Å²) in [5, 5.41) is 18.3. The monoisotopic (exact) mass is 300 g/mol. The highest BCUT2D eigenvalue weighted by Crippen LogP contribution is 2.30. The molecule has 0 spiro atoms. The van der Waals surface area contributed by atoms with E-state index in [2.05, 4.69) is 39.5 Å². The minimum atomic E-state index is -1.87. The van der Waals surface area contributed by atoms with Gasteiger partial charge in [-0.1, -0.05) is 39.0 Å². The number of ether oxygens (including phenoxy) is 1. The van der Waals surface area contributed by atoms with E-state index in [9.17, 15) is 0 Å². The molecule has 0 aromatic rings. The Morgan fingerprint density at radius 3 is 1.81 bits per heavy atom. The lowest BCUT2D eigenvalue weighted by Gasteiger charge is -2.26. The number of hydrogen-bond acceptors (Lipinski definition) is 3.